The lowest BCUT2D eigenvalue weighted by atomic mass is 10.2. The van der Waals surface area contributed by atoms with Gasteiger partial charge in [-0.1, -0.05) is 18.2 Å². The second-order valence-corrected chi connectivity index (χ2v) is 4.08. The highest BCUT2D eigenvalue weighted by Crippen LogP contribution is 2.21. The van der Waals surface area contributed by atoms with Crippen molar-refractivity contribution in [2.75, 3.05) is 13.2 Å². The van der Waals surface area contributed by atoms with E-state index in [-0.39, 0.29) is 12.6 Å². The molecule has 0 heterocycles. The van der Waals surface area contributed by atoms with Crippen molar-refractivity contribution in [1.29, 1.82) is 0 Å². The Morgan fingerprint density at radius 1 is 0.895 bits per heavy atom. The minimum absolute atomic E-state index is 0.220. The molecule has 0 N–H and O–H groups in total. The average molecular weight is 268 g/mol. The zero-order chi connectivity index (χ0) is 14.1. The van der Waals surface area contributed by atoms with E-state index < -0.39 is 0 Å². The first kappa shape index (κ1) is 16.0. The molecular formula is C15H24O4. The maximum absolute atomic E-state index is 5.74. The van der Waals surface area contributed by atoms with E-state index in [1.165, 1.54) is 0 Å². The summed E-state index contributed by atoms with van der Waals surface area (Å²) in [5, 5.41) is 0. The molecule has 1 aromatic carbocycles. The van der Waals surface area contributed by atoms with Crippen molar-refractivity contribution in [3.8, 4) is 5.75 Å². The first-order valence-electron chi connectivity index (χ1n) is 6.76. The van der Waals surface area contributed by atoms with E-state index in [2.05, 4.69) is 0 Å². The summed E-state index contributed by atoms with van der Waals surface area (Å²) < 4.78 is 22.1. The van der Waals surface area contributed by atoms with E-state index in [4.69, 9.17) is 18.9 Å². The molecular weight excluding hydrogens is 244 g/mol. The Kier molecular flexibility index (Phi) is 7.48. The molecule has 0 saturated carbocycles. The molecule has 108 valence electrons. The summed E-state index contributed by atoms with van der Waals surface area (Å²) in [6.07, 6.45) is -0.488. The average Bonchev–Trinajstić information content (AvgIpc) is 2.38. The van der Waals surface area contributed by atoms with Crippen LogP contribution in [0, 0.1) is 0 Å². The van der Waals surface area contributed by atoms with Gasteiger partial charge in [0.1, 0.15) is 5.75 Å². The van der Waals surface area contributed by atoms with Gasteiger partial charge in [0.25, 0.3) is 0 Å². The van der Waals surface area contributed by atoms with Crippen LogP contribution in [-0.2, 0) is 20.8 Å². The number of hydrogen-bond acceptors (Lipinski definition) is 4. The molecule has 0 aliphatic rings. The van der Waals surface area contributed by atoms with Crippen LogP contribution in [0.1, 0.15) is 33.3 Å². The van der Waals surface area contributed by atoms with Crippen molar-refractivity contribution in [3.63, 3.8) is 0 Å². The Morgan fingerprint density at radius 3 is 2.21 bits per heavy atom. The number of ether oxygens (including phenoxy) is 4. The lowest BCUT2D eigenvalue weighted by molar-refractivity contribution is -0.135. The molecule has 1 aromatic rings. The molecule has 0 aliphatic heterocycles. The fourth-order valence-corrected chi connectivity index (χ4v) is 1.68. The van der Waals surface area contributed by atoms with Gasteiger partial charge in [-0.25, -0.2) is 0 Å². The van der Waals surface area contributed by atoms with Crippen molar-refractivity contribution < 1.29 is 18.9 Å². The summed E-state index contributed by atoms with van der Waals surface area (Å²) in [4.78, 5) is 0. The maximum atomic E-state index is 5.74. The smallest absolute Gasteiger partial charge is 0.196 e. The summed E-state index contributed by atoms with van der Waals surface area (Å²) in [5.41, 5.74) is 0.987. The highest BCUT2D eigenvalue weighted by atomic mass is 16.7. The van der Waals surface area contributed by atoms with Gasteiger partial charge in [0.15, 0.2) is 12.6 Å². The van der Waals surface area contributed by atoms with Crippen LogP contribution >= 0.6 is 0 Å². The second-order valence-electron chi connectivity index (χ2n) is 4.08. The normalized spacial score (nSPS) is 14.1. The highest BCUT2D eigenvalue weighted by molar-refractivity contribution is 5.32. The van der Waals surface area contributed by atoms with Crippen LogP contribution in [-0.4, -0.2) is 25.8 Å². The topological polar surface area (TPSA) is 36.9 Å². The Hall–Kier alpha value is -1.10. The molecule has 4 nitrogen and oxygen atoms in total. The fourth-order valence-electron chi connectivity index (χ4n) is 1.68. The lowest BCUT2D eigenvalue weighted by Crippen LogP contribution is -2.17. The number of benzene rings is 1. The Labute approximate surface area is 115 Å². The van der Waals surface area contributed by atoms with Crippen LogP contribution in [0.25, 0.3) is 0 Å². The molecule has 19 heavy (non-hydrogen) atoms. The Balaban J connectivity index is 2.57. The molecule has 1 rings (SSSR count). The fraction of sp³-hybridized carbons (Fsp3) is 0.600. The first-order valence-corrected chi connectivity index (χ1v) is 6.76. The molecule has 2 atom stereocenters. The van der Waals surface area contributed by atoms with Gasteiger partial charge >= 0.3 is 0 Å². The summed E-state index contributed by atoms with van der Waals surface area (Å²) in [5.74, 6) is 0.784. The molecule has 0 saturated heterocycles. The minimum atomic E-state index is -0.268. The van der Waals surface area contributed by atoms with Gasteiger partial charge in [-0.15, -0.1) is 0 Å². The van der Waals surface area contributed by atoms with Crippen LogP contribution < -0.4 is 4.74 Å². The van der Waals surface area contributed by atoms with E-state index in [0.717, 1.165) is 11.3 Å². The van der Waals surface area contributed by atoms with Gasteiger partial charge in [-0.3, -0.25) is 0 Å². The van der Waals surface area contributed by atoms with Gasteiger partial charge in [-0.05, 0) is 33.8 Å². The maximum Gasteiger partial charge on any atom is 0.196 e. The first-order chi connectivity index (χ1) is 9.17. The minimum Gasteiger partial charge on any atom is -0.465 e. The monoisotopic (exact) mass is 268 g/mol. The third-order valence-corrected chi connectivity index (χ3v) is 2.54. The van der Waals surface area contributed by atoms with Gasteiger partial charge in [0.05, 0.1) is 6.61 Å². The van der Waals surface area contributed by atoms with Crippen molar-refractivity contribution in [3.05, 3.63) is 29.8 Å². The largest absolute Gasteiger partial charge is 0.465 e. The third kappa shape index (κ3) is 6.05. The molecule has 0 radical (unpaired) electrons. The van der Waals surface area contributed by atoms with Crippen LogP contribution in [0.3, 0.4) is 0 Å². The van der Waals surface area contributed by atoms with E-state index in [1.807, 2.05) is 52.0 Å². The van der Waals surface area contributed by atoms with E-state index >= 15 is 0 Å². The summed E-state index contributed by atoms with van der Waals surface area (Å²) in [7, 11) is 0. The molecule has 0 aliphatic carbocycles. The van der Waals surface area contributed by atoms with Crippen molar-refractivity contribution in [1.82, 2.24) is 0 Å². The predicted molar refractivity (Wildman–Crippen MR) is 74.0 cm³/mol. The van der Waals surface area contributed by atoms with E-state index in [9.17, 15) is 0 Å². The third-order valence-electron chi connectivity index (χ3n) is 2.54. The summed E-state index contributed by atoms with van der Waals surface area (Å²) in [6.45, 7) is 9.37. The molecule has 4 heteroatoms. The lowest BCUT2D eigenvalue weighted by Gasteiger charge is -2.18. The van der Waals surface area contributed by atoms with E-state index in [1.54, 1.807) is 0 Å². The SMILES string of the molecule is CCOC(C)OCc1ccccc1OC(C)OCC. The van der Waals surface area contributed by atoms with Gasteiger partial charge in [0.2, 0.25) is 0 Å². The molecule has 0 aromatic heterocycles. The van der Waals surface area contributed by atoms with Gasteiger partial charge < -0.3 is 18.9 Å². The van der Waals surface area contributed by atoms with Crippen LogP contribution in [0.5, 0.6) is 5.75 Å². The summed E-state index contributed by atoms with van der Waals surface area (Å²) in [6, 6.07) is 7.79. The van der Waals surface area contributed by atoms with Crippen molar-refractivity contribution >= 4 is 0 Å². The predicted octanol–water partition coefficient (Wildman–Crippen LogP) is 3.35. The number of para-hydroxylation sites is 1. The summed E-state index contributed by atoms with van der Waals surface area (Å²) >= 11 is 0. The van der Waals surface area contributed by atoms with Crippen molar-refractivity contribution in [2.24, 2.45) is 0 Å². The molecule has 0 fully saturated rings. The molecule has 0 bridgehead atoms. The molecule has 2 unspecified atom stereocenters. The van der Waals surface area contributed by atoms with Crippen LogP contribution in [0.4, 0.5) is 0 Å². The zero-order valence-electron chi connectivity index (χ0n) is 12.2. The second kappa shape index (κ2) is 8.91. The molecule has 0 amide bonds. The van der Waals surface area contributed by atoms with Gasteiger partial charge in [0, 0.05) is 18.8 Å². The Bertz CT molecular complexity index is 354. The van der Waals surface area contributed by atoms with Gasteiger partial charge in [-0.2, -0.15) is 0 Å². The highest BCUT2D eigenvalue weighted by Gasteiger charge is 2.09. The number of hydrogen-bond donors (Lipinski definition) is 0. The zero-order valence-corrected chi connectivity index (χ0v) is 12.2. The van der Waals surface area contributed by atoms with E-state index in [0.29, 0.717) is 19.8 Å². The number of rotatable bonds is 9. The Morgan fingerprint density at radius 2 is 1.53 bits per heavy atom. The van der Waals surface area contributed by atoms with Crippen LogP contribution in [0.15, 0.2) is 24.3 Å². The van der Waals surface area contributed by atoms with Crippen LogP contribution in [0.2, 0.25) is 0 Å². The molecule has 0 spiro atoms. The standard InChI is InChI=1S/C15H24O4/c1-5-16-12(3)18-11-14-9-7-8-10-15(14)19-13(4)17-6-2/h7-10,12-13H,5-6,11H2,1-4H3. The van der Waals surface area contributed by atoms with Crippen molar-refractivity contribution in [2.45, 2.75) is 46.9 Å². The quantitative estimate of drug-likeness (QED) is 0.644.